The van der Waals surface area contributed by atoms with Crippen molar-refractivity contribution in [3.05, 3.63) is 63.5 Å². The fraction of sp³-hybridized carbons (Fsp3) is 0.481. The number of rotatable bonds is 9. The first kappa shape index (κ1) is 27.0. The quantitative estimate of drug-likeness (QED) is 0.473. The van der Waals surface area contributed by atoms with Gasteiger partial charge in [-0.05, 0) is 49.8 Å². The smallest absolute Gasteiger partial charge is 0.254 e. The van der Waals surface area contributed by atoms with E-state index in [-0.39, 0.29) is 28.3 Å². The third kappa shape index (κ3) is 5.78. The molecule has 2 unspecified atom stereocenters. The van der Waals surface area contributed by atoms with Crippen molar-refractivity contribution in [2.24, 2.45) is 17.6 Å². The number of amides is 1. The normalized spacial score (nSPS) is 16.9. The van der Waals surface area contributed by atoms with Crippen LogP contribution in [0.5, 0.6) is 0 Å². The molecule has 0 saturated carbocycles. The van der Waals surface area contributed by atoms with E-state index in [1.807, 2.05) is 51.5 Å². The number of aromatic nitrogens is 2. The molecule has 3 rings (SSSR count). The molecule has 0 bridgehead atoms. The highest BCUT2D eigenvalue weighted by molar-refractivity contribution is 6.31. The molecule has 8 heteroatoms. The number of halogens is 2. The fourth-order valence-electron chi connectivity index (χ4n) is 4.70. The van der Waals surface area contributed by atoms with Crippen LogP contribution in [0.15, 0.2) is 18.7 Å². The van der Waals surface area contributed by atoms with Gasteiger partial charge in [-0.25, -0.2) is 9.37 Å². The van der Waals surface area contributed by atoms with E-state index in [1.165, 1.54) is 0 Å². The Hall–Kier alpha value is -2.64. The first-order chi connectivity index (χ1) is 16.6. The Kier molecular flexibility index (Phi) is 8.78. The number of hydrogen-bond donors (Lipinski definition) is 2. The van der Waals surface area contributed by atoms with Crippen molar-refractivity contribution >= 4 is 29.4 Å². The fourth-order valence-corrected chi connectivity index (χ4v) is 4.92. The summed E-state index contributed by atoms with van der Waals surface area (Å²) in [5, 5.41) is 2.83. The van der Waals surface area contributed by atoms with Crippen LogP contribution in [0.2, 0.25) is 5.02 Å². The van der Waals surface area contributed by atoms with E-state index in [4.69, 9.17) is 27.1 Å². The first-order valence-electron chi connectivity index (χ1n) is 12.1. The molecule has 1 amide bonds. The summed E-state index contributed by atoms with van der Waals surface area (Å²) in [6.45, 7) is 15.5. The summed E-state index contributed by atoms with van der Waals surface area (Å²) in [6.07, 6.45) is 5.16. The highest BCUT2D eigenvalue weighted by atomic mass is 35.5. The Bertz CT molecular complexity index is 1130. The molecule has 3 N–H and O–H groups in total. The predicted octanol–water partition coefficient (Wildman–Crippen LogP) is 5.52. The van der Waals surface area contributed by atoms with Gasteiger partial charge in [-0.3, -0.25) is 4.79 Å². The number of hydrogen-bond acceptors (Lipinski definition) is 4. The van der Waals surface area contributed by atoms with Crippen molar-refractivity contribution in [2.75, 3.05) is 19.8 Å². The third-order valence-corrected chi connectivity index (χ3v) is 6.62. The molecule has 1 aliphatic rings. The van der Waals surface area contributed by atoms with Crippen LogP contribution in [0.3, 0.4) is 0 Å². The summed E-state index contributed by atoms with van der Waals surface area (Å²) in [5.74, 6) is -0.309. The lowest BCUT2D eigenvalue weighted by atomic mass is 9.86. The molecule has 35 heavy (non-hydrogen) atoms. The maximum Gasteiger partial charge on any atom is 0.254 e. The summed E-state index contributed by atoms with van der Waals surface area (Å²) in [5.41, 5.74) is 9.36. The molecule has 0 aliphatic carbocycles. The van der Waals surface area contributed by atoms with E-state index < -0.39 is 11.7 Å². The van der Waals surface area contributed by atoms with Crippen molar-refractivity contribution < 1.29 is 13.9 Å². The van der Waals surface area contributed by atoms with Crippen LogP contribution < -0.4 is 11.1 Å². The van der Waals surface area contributed by atoms with Crippen LogP contribution in [0.1, 0.15) is 78.7 Å². The van der Waals surface area contributed by atoms with Gasteiger partial charge in [0.05, 0.1) is 34.3 Å². The molecule has 6 nitrogen and oxygen atoms in total. The van der Waals surface area contributed by atoms with Gasteiger partial charge >= 0.3 is 0 Å². The number of imidazole rings is 1. The van der Waals surface area contributed by atoms with Crippen molar-refractivity contribution in [2.45, 2.75) is 53.4 Å². The zero-order chi connectivity index (χ0) is 25.9. The molecule has 1 fully saturated rings. The van der Waals surface area contributed by atoms with Gasteiger partial charge in [-0.15, -0.1) is 0 Å². The lowest BCUT2D eigenvalue weighted by molar-refractivity contribution is 0.0939. The standard InChI is InChI=1S/C27H36ClFN4O2/c1-7-9-33-25(17(5)30)18(6)32-26(33)16(4)20-12-22(28)24(29)23(21(20)11-15(2)3)27(34)31-13-19-8-10-35-14-19/h7,9,12,15-16,19H,5,8,10-11,13-14,30H2,1-4,6H3,(H,31,34)/b9-7-. The van der Waals surface area contributed by atoms with Crippen LogP contribution in [-0.4, -0.2) is 35.2 Å². The first-order valence-corrected chi connectivity index (χ1v) is 12.5. The number of allylic oxidation sites excluding steroid dienone is 1. The second kappa shape index (κ2) is 11.4. The summed E-state index contributed by atoms with van der Waals surface area (Å²) < 4.78 is 22.7. The number of benzene rings is 1. The molecular formula is C27H36ClFN4O2. The lowest BCUT2D eigenvalue weighted by Crippen LogP contribution is -2.31. The Morgan fingerprint density at radius 3 is 2.74 bits per heavy atom. The average molecular weight is 503 g/mol. The van der Waals surface area contributed by atoms with Gasteiger partial charge in [0.15, 0.2) is 5.82 Å². The Morgan fingerprint density at radius 1 is 1.46 bits per heavy atom. The van der Waals surface area contributed by atoms with Crippen molar-refractivity contribution in [1.29, 1.82) is 0 Å². The molecule has 1 aliphatic heterocycles. The van der Waals surface area contributed by atoms with E-state index in [9.17, 15) is 4.79 Å². The largest absolute Gasteiger partial charge is 0.397 e. The summed E-state index contributed by atoms with van der Waals surface area (Å²) in [4.78, 5) is 18.1. The molecule has 1 saturated heterocycles. The zero-order valence-corrected chi connectivity index (χ0v) is 22.0. The van der Waals surface area contributed by atoms with Crippen molar-refractivity contribution in [3.8, 4) is 0 Å². The maximum atomic E-state index is 15.4. The van der Waals surface area contributed by atoms with E-state index >= 15 is 4.39 Å². The van der Waals surface area contributed by atoms with E-state index in [0.717, 1.165) is 23.4 Å². The molecule has 0 radical (unpaired) electrons. The topological polar surface area (TPSA) is 82.2 Å². The molecule has 2 aromatic rings. The van der Waals surface area contributed by atoms with Crippen LogP contribution in [-0.2, 0) is 11.2 Å². The lowest BCUT2D eigenvalue weighted by Gasteiger charge is -2.23. The van der Waals surface area contributed by atoms with Crippen LogP contribution in [0, 0.1) is 24.6 Å². The third-order valence-electron chi connectivity index (χ3n) is 6.35. The van der Waals surface area contributed by atoms with E-state index in [1.54, 1.807) is 6.07 Å². The predicted molar refractivity (Wildman–Crippen MR) is 140 cm³/mol. The highest BCUT2D eigenvalue weighted by Gasteiger charge is 2.29. The summed E-state index contributed by atoms with van der Waals surface area (Å²) in [7, 11) is 0. The van der Waals surface area contributed by atoms with Crippen LogP contribution in [0.4, 0.5) is 4.39 Å². The number of nitrogens with one attached hydrogen (secondary N) is 1. The average Bonchev–Trinajstić information content (AvgIpc) is 3.42. The molecule has 1 aromatic carbocycles. The molecule has 1 aromatic heterocycles. The molecule has 0 spiro atoms. The Balaban J connectivity index is 2.13. The molecule has 2 heterocycles. The monoisotopic (exact) mass is 502 g/mol. The number of carbonyl (C=O) groups excluding carboxylic acids is 1. The Morgan fingerprint density at radius 2 is 2.17 bits per heavy atom. The van der Waals surface area contributed by atoms with Crippen molar-refractivity contribution in [1.82, 2.24) is 14.9 Å². The highest BCUT2D eigenvalue weighted by Crippen LogP contribution is 2.36. The second-order valence-corrected chi connectivity index (χ2v) is 10.1. The van der Waals surface area contributed by atoms with Gasteiger partial charge in [0.2, 0.25) is 0 Å². The Labute approximate surface area is 212 Å². The van der Waals surface area contributed by atoms with Gasteiger partial charge in [0.1, 0.15) is 5.82 Å². The number of nitrogens with zero attached hydrogens (tertiary/aromatic N) is 2. The van der Waals surface area contributed by atoms with E-state index in [0.29, 0.717) is 43.3 Å². The molecule has 2 atom stereocenters. The minimum atomic E-state index is -0.692. The van der Waals surface area contributed by atoms with Crippen molar-refractivity contribution in [3.63, 3.8) is 0 Å². The van der Waals surface area contributed by atoms with Crippen LogP contribution in [0.25, 0.3) is 11.9 Å². The number of nitrogens with two attached hydrogens (primary N) is 1. The maximum absolute atomic E-state index is 15.4. The van der Waals surface area contributed by atoms with Gasteiger partial charge in [-0.2, -0.15) is 0 Å². The van der Waals surface area contributed by atoms with Gasteiger partial charge < -0.3 is 20.4 Å². The number of carbonyl (C=O) groups is 1. The minimum absolute atomic E-state index is 0.0104. The van der Waals surface area contributed by atoms with Crippen LogP contribution >= 0.6 is 11.6 Å². The number of ether oxygens (including phenoxy) is 1. The minimum Gasteiger partial charge on any atom is -0.397 e. The molecule has 190 valence electrons. The van der Waals surface area contributed by atoms with Gasteiger partial charge in [0.25, 0.3) is 5.91 Å². The summed E-state index contributed by atoms with van der Waals surface area (Å²) in [6, 6.07) is 1.63. The zero-order valence-electron chi connectivity index (χ0n) is 21.3. The van der Waals surface area contributed by atoms with Gasteiger partial charge in [0, 0.05) is 31.2 Å². The SMILES string of the molecule is C=C(N)c1c(C)nc(C(C)c2cc(Cl)c(F)c(C(=O)NCC3CCOC3)c2CC(C)C)n1/C=C\C. The van der Waals surface area contributed by atoms with E-state index in [2.05, 4.69) is 11.9 Å². The van der Waals surface area contributed by atoms with Gasteiger partial charge in [-0.1, -0.05) is 45.0 Å². The molecular weight excluding hydrogens is 467 g/mol. The number of aryl methyl sites for hydroxylation is 1. The summed E-state index contributed by atoms with van der Waals surface area (Å²) >= 11 is 6.37. The second-order valence-electron chi connectivity index (χ2n) is 9.66.